The number of amides is 1. The minimum absolute atomic E-state index is 0.0784. The quantitative estimate of drug-likeness (QED) is 0.903. The van der Waals surface area contributed by atoms with Gasteiger partial charge in [0.05, 0.1) is 4.47 Å². The normalized spacial score (nSPS) is 14.3. The van der Waals surface area contributed by atoms with E-state index in [2.05, 4.69) is 36.4 Å². The Morgan fingerprint density at radius 1 is 1.50 bits per heavy atom. The maximum Gasteiger partial charge on any atom is 0.295 e. The Balaban J connectivity index is 1.79. The first kappa shape index (κ1) is 13.2. The summed E-state index contributed by atoms with van der Waals surface area (Å²) in [5.41, 5.74) is 1.16. The molecule has 1 aliphatic carbocycles. The van der Waals surface area contributed by atoms with Gasteiger partial charge in [0.15, 0.2) is 0 Å². The fourth-order valence-corrected chi connectivity index (χ4v) is 2.33. The zero-order valence-corrected chi connectivity index (χ0v) is 12.3. The second-order valence-electron chi connectivity index (χ2n) is 4.85. The third-order valence-electron chi connectivity index (χ3n) is 3.19. The summed E-state index contributed by atoms with van der Waals surface area (Å²) >= 11 is 3.10. The Morgan fingerprint density at radius 3 is 2.95 bits per heavy atom. The van der Waals surface area contributed by atoms with Crippen molar-refractivity contribution in [3.05, 3.63) is 39.6 Å². The standard InChI is InChI=1S/C13H12BrFN4O/c1-6-4-8(14)9(15)5-10(6)16-13(20)12-17-11(18-19-12)7-2-3-7/h4-5,7H,2-3H2,1H3,(H,16,20)(H,17,18,19). The fourth-order valence-electron chi connectivity index (χ4n) is 1.87. The summed E-state index contributed by atoms with van der Waals surface area (Å²) in [6.07, 6.45) is 2.15. The van der Waals surface area contributed by atoms with Gasteiger partial charge in [0, 0.05) is 11.6 Å². The molecule has 1 aromatic heterocycles. The number of halogens is 2. The van der Waals surface area contributed by atoms with Gasteiger partial charge >= 0.3 is 0 Å². The third kappa shape index (κ3) is 2.58. The molecule has 0 saturated heterocycles. The molecule has 1 aliphatic rings. The average Bonchev–Trinajstić information content (AvgIpc) is 3.13. The molecule has 0 bridgehead atoms. The summed E-state index contributed by atoms with van der Waals surface area (Å²) in [4.78, 5) is 16.2. The lowest BCUT2D eigenvalue weighted by Gasteiger charge is -2.07. The largest absolute Gasteiger partial charge is 0.319 e. The van der Waals surface area contributed by atoms with Crippen LogP contribution >= 0.6 is 15.9 Å². The Hall–Kier alpha value is -1.76. The van der Waals surface area contributed by atoms with Crippen molar-refractivity contribution in [1.29, 1.82) is 0 Å². The maximum absolute atomic E-state index is 13.5. The lowest BCUT2D eigenvalue weighted by atomic mass is 10.2. The number of hydrogen-bond donors (Lipinski definition) is 2. The number of rotatable bonds is 3. The third-order valence-corrected chi connectivity index (χ3v) is 3.79. The molecule has 104 valence electrons. The fraction of sp³-hybridized carbons (Fsp3) is 0.308. The molecule has 1 aromatic carbocycles. The molecule has 1 amide bonds. The molecule has 20 heavy (non-hydrogen) atoms. The molecular formula is C13H12BrFN4O. The Labute approximate surface area is 123 Å². The van der Waals surface area contributed by atoms with Crippen molar-refractivity contribution < 1.29 is 9.18 Å². The van der Waals surface area contributed by atoms with Gasteiger partial charge in [-0.25, -0.2) is 9.37 Å². The van der Waals surface area contributed by atoms with E-state index in [1.54, 1.807) is 13.0 Å². The number of carbonyl (C=O) groups is 1. The number of hydrogen-bond acceptors (Lipinski definition) is 3. The number of aryl methyl sites for hydroxylation is 1. The first-order valence-electron chi connectivity index (χ1n) is 6.24. The number of benzene rings is 1. The van der Waals surface area contributed by atoms with Crippen molar-refractivity contribution in [2.75, 3.05) is 5.32 Å². The highest BCUT2D eigenvalue weighted by Crippen LogP contribution is 2.37. The van der Waals surface area contributed by atoms with Gasteiger partial charge in [-0.3, -0.25) is 9.89 Å². The van der Waals surface area contributed by atoms with E-state index in [1.807, 2.05) is 0 Å². The molecule has 1 saturated carbocycles. The molecule has 0 unspecified atom stereocenters. The molecule has 2 N–H and O–H groups in total. The summed E-state index contributed by atoms with van der Waals surface area (Å²) in [7, 11) is 0. The number of aromatic nitrogens is 3. The van der Waals surface area contributed by atoms with E-state index in [9.17, 15) is 9.18 Å². The van der Waals surface area contributed by atoms with Crippen molar-refractivity contribution in [3.8, 4) is 0 Å². The highest BCUT2D eigenvalue weighted by atomic mass is 79.9. The molecule has 0 aliphatic heterocycles. The Kier molecular flexibility index (Phi) is 3.29. The molecular weight excluding hydrogens is 327 g/mol. The summed E-state index contributed by atoms with van der Waals surface area (Å²) in [5.74, 6) is 0.344. The van der Waals surface area contributed by atoms with E-state index in [4.69, 9.17) is 0 Å². The van der Waals surface area contributed by atoms with E-state index < -0.39 is 11.7 Å². The van der Waals surface area contributed by atoms with Crippen LogP contribution in [-0.2, 0) is 0 Å². The lowest BCUT2D eigenvalue weighted by Crippen LogP contribution is -2.15. The monoisotopic (exact) mass is 338 g/mol. The minimum atomic E-state index is -0.446. The van der Waals surface area contributed by atoms with Gasteiger partial charge in [-0.15, -0.1) is 5.10 Å². The number of nitrogens with one attached hydrogen (secondary N) is 2. The van der Waals surface area contributed by atoms with Gasteiger partial charge in [0.1, 0.15) is 11.6 Å². The molecule has 0 radical (unpaired) electrons. The first-order chi connectivity index (χ1) is 9.54. The summed E-state index contributed by atoms with van der Waals surface area (Å²) in [6, 6.07) is 2.88. The summed E-state index contributed by atoms with van der Waals surface area (Å²) in [5, 5.41) is 9.28. The zero-order chi connectivity index (χ0) is 14.3. The minimum Gasteiger partial charge on any atom is -0.319 e. The van der Waals surface area contributed by atoms with Gasteiger partial charge in [-0.2, -0.15) is 0 Å². The first-order valence-corrected chi connectivity index (χ1v) is 7.03. The van der Waals surface area contributed by atoms with Crippen molar-refractivity contribution in [1.82, 2.24) is 15.2 Å². The van der Waals surface area contributed by atoms with Crippen LogP contribution in [0.25, 0.3) is 0 Å². The van der Waals surface area contributed by atoms with Crippen LogP contribution in [-0.4, -0.2) is 21.1 Å². The van der Waals surface area contributed by atoms with Crippen LogP contribution in [0.15, 0.2) is 16.6 Å². The van der Waals surface area contributed by atoms with Crippen LogP contribution in [0, 0.1) is 12.7 Å². The van der Waals surface area contributed by atoms with Crippen molar-refractivity contribution >= 4 is 27.5 Å². The molecule has 0 spiro atoms. The lowest BCUT2D eigenvalue weighted by molar-refractivity contribution is 0.101. The predicted octanol–water partition coefficient (Wildman–Crippen LogP) is 3.14. The van der Waals surface area contributed by atoms with Gasteiger partial charge in [0.25, 0.3) is 5.91 Å². The van der Waals surface area contributed by atoms with Gasteiger partial charge < -0.3 is 5.32 Å². The van der Waals surface area contributed by atoms with E-state index in [0.717, 1.165) is 24.2 Å². The van der Waals surface area contributed by atoms with Crippen LogP contribution < -0.4 is 5.32 Å². The zero-order valence-electron chi connectivity index (χ0n) is 10.7. The predicted molar refractivity (Wildman–Crippen MR) is 75.1 cm³/mol. The van der Waals surface area contributed by atoms with E-state index >= 15 is 0 Å². The average molecular weight is 339 g/mol. The van der Waals surface area contributed by atoms with Gasteiger partial charge in [0.2, 0.25) is 5.82 Å². The topological polar surface area (TPSA) is 70.7 Å². The number of carbonyl (C=O) groups excluding carboxylic acids is 1. The molecule has 7 heteroatoms. The molecule has 1 heterocycles. The summed E-state index contributed by atoms with van der Waals surface area (Å²) in [6.45, 7) is 1.79. The van der Waals surface area contributed by atoms with E-state index in [-0.39, 0.29) is 5.82 Å². The van der Waals surface area contributed by atoms with Crippen LogP contribution in [0.4, 0.5) is 10.1 Å². The highest BCUT2D eigenvalue weighted by molar-refractivity contribution is 9.10. The molecule has 1 fully saturated rings. The van der Waals surface area contributed by atoms with Crippen LogP contribution in [0.5, 0.6) is 0 Å². The van der Waals surface area contributed by atoms with Gasteiger partial charge in [-0.05, 0) is 53.4 Å². The number of H-pyrrole nitrogens is 1. The van der Waals surface area contributed by atoms with E-state index in [1.165, 1.54) is 6.07 Å². The van der Waals surface area contributed by atoms with Crippen LogP contribution in [0.1, 0.15) is 40.8 Å². The SMILES string of the molecule is Cc1cc(Br)c(F)cc1NC(=O)c1n[nH]c(C2CC2)n1. The molecule has 0 atom stereocenters. The highest BCUT2D eigenvalue weighted by Gasteiger charge is 2.28. The molecule has 3 rings (SSSR count). The van der Waals surface area contributed by atoms with Crippen molar-refractivity contribution in [2.24, 2.45) is 0 Å². The smallest absolute Gasteiger partial charge is 0.295 e. The number of nitrogens with zero attached hydrogens (tertiary/aromatic N) is 2. The number of anilines is 1. The second-order valence-corrected chi connectivity index (χ2v) is 5.71. The van der Waals surface area contributed by atoms with E-state index in [0.29, 0.717) is 16.1 Å². The van der Waals surface area contributed by atoms with Crippen molar-refractivity contribution in [3.63, 3.8) is 0 Å². The Morgan fingerprint density at radius 2 is 2.25 bits per heavy atom. The maximum atomic E-state index is 13.5. The molecule has 5 nitrogen and oxygen atoms in total. The summed E-state index contributed by atoms with van der Waals surface area (Å²) < 4.78 is 13.9. The number of aromatic amines is 1. The second kappa shape index (κ2) is 4.97. The van der Waals surface area contributed by atoms with Crippen LogP contribution in [0.3, 0.4) is 0 Å². The van der Waals surface area contributed by atoms with Crippen molar-refractivity contribution in [2.45, 2.75) is 25.7 Å². The molecule has 2 aromatic rings. The van der Waals surface area contributed by atoms with Crippen LogP contribution in [0.2, 0.25) is 0 Å². The van der Waals surface area contributed by atoms with Gasteiger partial charge in [-0.1, -0.05) is 0 Å². The Bertz CT molecular complexity index is 681.